The Morgan fingerprint density at radius 2 is 1.62 bits per heavy atom. The Hall–Kier alpha value is -4.36. The number of hydrogen-bond donors (Lipinski definition) is 1. The summed E-state index contributed by atoms with van der Waals surface area (Å²) in [6, 6.07) is 25.4. The molecule has 1 aliphatic heterocycles. The maximum atomic E-state index is 13.3. The Labute approximate surface area is 231 Å². The van der Waals surface area contributed by atoms with Gasteiger partial charge in [-0.1, -0.05) is 78.4 Å². The van der Waals surface area contributed by atoms with Gasteiger partial charge in [-0.15, -0.1) is 0 Å². The van der Waals surface area contributed by atoms with Gasteiger partial charge in [-0.3, -0.25) is 19.3 Å². The van der Waals surface area contributed by atoms with Gasteiger partial charge in [0, 0.05) is 11.3 Å². The van der Waals surface area contributed by atoms with Crippen molar-refractivity contribution in [3.63, 3.8) is 0 Å². The van der Waals surface area contributed by atoms with Crippen molar-refractivity contribution >= 4 is 51.4 Å². The van der Waals surface area contributed by atoms with E-state index < -0.39 is 17.1 Å². The van der Waals surface area contributed by atoms with Crippen molar-refractivity contribution in [1.82, 2.24) is 4.90 Å². The van der Waals surface area contributed by atoms with Crippen molar-refractivity contribution < 1.29 is 19.1 Å². The third-order valence-corrected chi connectivity index (χ3v) is 7.47. The van der Waals surface area contributed by atoms with Crippen LogP contribution in [0.2, 0.25) is 0 Å². The summed E-state index contributed by atoms with van der Waals surface area (Å²) >= 11 is 0.828. The molecule has 1 heterocycles. The van der Waals surface area contributed by atoms with E-state index in [9.17, 15) is 14.4 Å². The zero-order valence-electron chi connectivity index (χ0n) is 22.0. The second-order valence-corrected chi connectivity index (χ2v) is 10.6. The number of ether oxygens (including phenoxy) is 1. The van der Waals surface area contributed by atoms with Crippen LogP contribution in [-0.2, 0) is 16.2 Å². The first-order chi connectivity index (χ1) is 18.8. The number of rotatable bonds is 7. The normalized spacial score (nSPS) is 14.3. The van der Waals surface area contributed by atoms with E-state index in [2.05, 4.69) is 5.32 Å². The van der Waals surface area contributed by atoms with Crippen molar-refractivity contribution in [2.75, 3.05) is 11.9 Å². The molecule has 5 rings (SSSR count). The summed E-state index contributed by atoms with van der Waals surface area (Å²) in [7, 11) is 0. The predicted octanol–water partition coefficient (Wildman–Crippen LogP) is 7.02. The highest BCUT2D eigenvalue weighted by molar-refractivity contribution is 8.18. The van der Waals surface area contributed by atoms with Crippen LogP contribution in [0.25, 0.3) is 16.8 Å². The van der Waals surface area contributed by atoms with E-state index in [1.807, 2.05) is 99.6 Å². The Bertz CT molecular complexity index is 1610. The molecule has 4 aromatic rings. The summed E-state index contributed by atoms with van der Waals surface area (Å²) in [5, 5.41) is 4.27. The number of hydrogen-bond acceptors (Lipinski definition) is 5. The van der Waals surface area contributed by atoms with E-state index in [-0.39, 0.29) is 11.4 Å². The molecule has 0 aliphatic carbocycles. The third kappa shape index (κ3) is 5.73. The summed E-state index contributed by atoms with van der Waals surface area (Å²) in [6.07, 6.45) is 1.69. The van der Waals surface area contributed by atoms with Crippen molar-refractivity contribution in [2.45, 2.75) is 27.4 Å². The van der Waals surface area contributed by atoms with Crippen molar-refractivity contribution in [3.8, 4) is 5.75 Å². The zero-order valence-corrected chi connectivity index (χ0v) is 22.8. The molecule has 0 saturated carbocycles. The average Bonchev–Trinajstić information content (AvgIpc) is 3.18. The maximum Gasteiger partial charge on any atom is 0.294 e. The predicted molar refractivity (Wildman–Crippen MR) is 157 cm³/mol. The van der Waals surface area contributed by atoms with E-state index in [0.717, 1.165) is 49.7 Å². The first-order valence-corrected chi connectivity index (χ1v) is 13.4. The minimum Gasteiger partial charge on any atom is -0.488 e. The van der Waals surface area contributed by atoms with Crippen LogP contribution in [0.3, 0.4) is 0 Å². The number of nitrogens with one attached hydrogen (secondary N) is 1. The number of anilines is 1. The molecule has 1 fully saturated rings. The number of amides is 3. The Morgan fingerprint density at radius 3 is 2.36 bits per heavy atom. The van der Waals surface area contributed by atoms with E-state index in [4.69, 9.17) is 4.74 Å². The number of imide groups is 1. The molecule has 0 bridgehead atoms. The van der Waals surface area contributed by atoms with Gasteiger partial charge in [0.05, 0.1) is 4.91 Å². The Balaban J connectivity index is 1.40. The minimum absolute atomic E-state index is 0.247. The van der Waals surface area contributed by atoms with Crippen LogP contribution in [0.15, 0.2) is 83.8 Å². The lowest BCUT2D eigenvalue weighted by molar-refractivity contribution is -0.127. The number of carbonyl (C=O) groups is 3. The fourth-order valence-electron chi connectivity index (χ4n) is 4.75. The van der Waals surface area contributed by atoms with Gasteiger partial charge in [0.15, 0.2) is 0 Å². The zero-order chi connectivity index (χ0) is 27.5. The highest BCUT2D eigenvalue weighted by atomic mass is 32.2. The molecule has 39 heavy (non-hydrogen) atoms. The van der Waals surface area contributed by atoms with Gasteiger partial charge in [0.25, 0.3) is 11.1 Å². The van der Waals surface area contributed by atoms with Crippen LogP contribution in [-0.4, -0.2) is 28.5 Å². The van der Waals surface area contributed by atoms with Crippen LogP contribution in [0, 0.1) is 20.8 Å². The van der Waals surface area contributed by atoms with E-state index in [0.29, 0.717) is 23.6 Å². The molecule has 7 heteroatoms. The number of aryl methyl sites for hydroxylation is 3. The lowest BCUT2D eigenvalue weighted by Gasteiger charge is -2.16. The molecule has 0 unspecified atom stereocenters. The molecular weight excluding hydrogens is 508 g/mol. The fourth-order valence-corrected chi connectivity index (χ4v) is 5.57. The number of carbonyl (C=O) groups excluding carboxylic acids is 3. The number of thioether (sulfide) groups is 1. The molecule has 0 aromatic heterocycles. The molecule has 3 amide bonds. The summed E-state index contributed by atoms with van der Waals surface area (Å²) < 4.78 is 6.16. The SMILES string of the molecule is Cc1cc(C)c(NC(=O)CN2C(=O)S/C(=C/c3c(OCc4ccccc4)ccc4ccccc34)C2=O)c(C)c1. The number of benzene rings is 4. The van der Waals surface area contributed by atoms with Gasteiger partial charge in [-0.25, -0.2) is 0 Å². The largest absolute Gasteiger partial charge is 0.488 e. The third-order valence-electron chi connectivity index (χ3n) is 6.56. The summed E-state index contributed by atoms with van der Waals surface area (Å²) in [5.74, 6) is -0.322. The van der Waals surface area contributed by atoms with Crippen LogP contribution in [0.1, 0.15) is 27.8 Å². The highest BCUT2D eigenvalue weighted by Gasteiger charge is 2.36. The van der Waals surface area contributed by atoms with Gasteiger partial charge >= 0.3 is 0 Å². The van der Waals surface area contributed by atoms with Crippen molar-refractivity contribution in [1.29, 1.82) is 0 Å². The molecule has 196 valence electrons. The summed E-state index contributed by atoms with van der Waals surface area (Å²) in [6.45, 7) is 5.83. The lowest BCUT2D eigenvalue weighted by atomic mass is 10.0. The second kappa shape index (κ2) is 11.2. The van der Waals surface area contributed by atoms with Gasteiger partial charge < -0.3 is 10.1 Å². The van der Waals surface area contributed by atoms with Gasteiger partial charge in [0.2, 0.25) is 5.91 Å². The standard InChI is InChI=1S/C32H28N2O4S/c1-20-15-21(2)30(22(3)16-20)33-29(35)18-34-31(36)28(39-32(34)37)17-26-25-12-8-7-11-24(25)13-14-27(26)38-19-23-9-5-4-6-10-23/h4-17H,18-19H2,1-3H3,(H,33,35)/b28-17+. The molecule has 6 nitrogen and oxygen atoms in total. The summed E-state index contributed by atoms with van der Waals surface area (Å²) in [4.78, 5) is 40.2. The lowest BCUT2D eigenvalue weighted by Crippen LogP contribution is -2.36. The van der Waals surface area contributed by atoms with Crippen molar-refractivity contribution in [3.05, 3.63) is 112 Å². The molecule has 1 saturated heterocycles. The van der Waals surface area contributed by atoms with Crippen LogP contribution in [0.4, 0.5) is 10.5 Å². The molecule has 0 atom stereocenters. The molecular formula is C32H28N2O4S. The highest BCUT2D eigenvalue weighted by Crippen LogP contribution is 2.37. The molecule has 1 N–H and O–H groups in total. The van der Waals surface area contributed by atoms with E-state index in [1.54, 1.807) is 6.08 Å². The van der Waals surface area contributed by atoms with Gasteiger partial charge in [-0.05, 0) is 72.1 Å². The number of nitrogens with zero attached hydrogens (tertiary/aromatic N) is 1. The topological polar surface area (TPSA) is 75.7 Å². The summed E-state index contributed by atoms with van der Waals surface area (Å²) in [5.41, 5.74) is 5.37. The van der Waals surface area contributed by atoms with Gasteiger partial charge in [0.1, 0.15) is 18.9 Å². The van der Waals surface area contributed by atoms with Crippen LogP contribution < -0.4 is 10.1 Å². The Kier molecular flexibility index (Phi) is 7.52. The monoisotopic (exact) mass is 536 g/mol. The molecule has 0 spiro atoms. The van der Waals surface area contributed by atoms with E-state index >= 15 is 0 Å². The minimum atomic E-state index is -0.501. The average molecular weight is 537 g/mol. The first-order valence-electron chi connectivity index (χ1n) is 12.6. The van der Waals surface area contributed by atoms with Gasteiger partial charge in [-0.2, -0.15) is 0 Å². The quantitative estimate of drug-likeness (QED) is 0.257. The smallest absolute Gasteiger partial charge is 0.294 e. The first kappa shape index (κ1) is 26.3. The van der Waals surface area contributed by atoms with Crippen molar-refractivity contribution in [2.24, 2.45) is 0 Å². The molecule has 0 radical (unpaired) electrons. The molecule has 1 aliphatic rings. The van der Waals surface area contributed by atoms with E-state index in [1.165, 1.54) is 0 Å². The van der Waals surface area contributed by atoms with Crippen LogP contribution >= 0.6 is 11.8 Å². The van der Waals surface area contributed by atoms with Crippen LogP contribution in [0.5, 0.6) is 5.75 Å². The second-order valence-electron chi connectivity index (χ2n) is 9.56. The number of fused-ring (bicyclic) bond motifs is 1. The fraction of sp³-hybridized carbons (Fsp3) is 0.156. The Morgan fingerprint density at radius 1 is 0.923 bits per heavy atom. The molecule has 4 aromatic carbocycles. The maximum absolute atomic E-state index is 13.3.